The van der Waals surface area contributed by atoms with Crippen LogP contribution in [0.4, 0.5) is 0 Å². The van der Waals surface area contributed by atoms with Crippen molar-refractivity contribution >= 4 is 36.1 Å². The number of hydrogen-bond donors (Lipinski definition) is 0. The average molecular weight is 524 g/mol. The maximum atomic E-state index is 12.4. The van der Waals surface area contributed by atoms with E-state index in [9.17, 15) is 4.79 Å². The smallest absolute Gasteiger partial charge is 0.312 e. The number of aryl methyl sites for hydroxylation is 1. The molecule has 0 fully saturated rings. The van der Waals surface area contributed by atoms with Crippen molar-refractivity contribution in [3.05, 3.63) is 36.2 Å². The van der Waals surface area contributed by atoms with Crippen molar-refractivity contribution in [1.29, 1.82) is 0 Å². The lowest BCUT2D eigenvalue weighted by atomic mass is 10.1. The number of rotatable bonds is 9. The van der Waals surface area contributed by atoms with Crippen LogP contribution in [0.15, 0.2) is 30.5 Å². The molecule has 3 heterocycles. The molecule has 0 aliphatic heterocycles. The van der Waals surface area contributed by atoms with Gasteiger partial charge >= 0.3 is 5.97 Å². The third-order valence-electron chi connectivity index (χ3n) is 5.91. The van der Waals surface area contributed by atoms with Crippen molar-refractivity contribution in [1.82, 2.24) is 24.3 Å². The van der Waals surface area contributed by atoms with Gasteiger partial charge in [0.05, 0.1) is 36.6 Å². The van der Waals surface area contributed by atoms with Crippen molar-refractivity contribution in [3.63, 3.8) is 0 Å². The Hall–Kier alpha value is -3.24. The first-order valence-electron chi connectivity index (χ1n) is 12.5. The lowest BCUT2D eigenvalue weighted by Gasteiger charge is -2.19. The van der Waals surface area contributed by atoms with Gasteiger partial charge in [0.25, 0.3) is 0 Å². The fraction of sp³-hybridized carbons (Fsp3) is 0.481. The van der Waals surface area contributed by atoms with Crippen LogP contribution in [0.5, 0.6) is 5.75 Å². The van der Waals surface area contributed by atoms with Gasteiger partial charge in [-0.2, -0.15) is 5.10 Å². The third-order valence-corrected chi connectivity index (χ3v) is 7.62. The molecule has 0 unspecified atom stereocenters. The Balaban J connectivity index is 1.76. The molecule has 4 rings (SSSR count). The Bertz CT molecular complexity index is 1430. The lowest BCUT2D eigenvalue weighted by Crippen LogP contribution is -2.25. The molecular formula is C27H37N5O4Si. The van der Waals surface area contributed by atoms with Gasteiger partial charge in [-0.05, 0) is 51.1 Å². The lowest BCUT2D eigenvalue weighted by molar-refractivity contribution is -0.154. The Morgan fingerprint density at radius 3 is 2.57 bits per heavy atom. The second kappa shape index (κ2) is 10.3. The highest BCUT2D eigenvalue weighted by Crippen LogP contribution is 2.33. The Kier molecular flexibility index (Phi) is 7.43. The van der Waals surface area contributed by atoms with E-state index in [1.54, 1.807) is 13.3 Å². The summed E-state index contributed by atoms with van der Waals surface area (Å²) in [5.41, 5.74) is 3.97. The van der Waals surface area contributed by atoms with Crippen LogP contribution in [0.2, 0.25) is 25.7 Å². The maximum Gasteiger partial charge on any atom is 0.312 e. The first kappa shape index (κ1) is 26.8. The van der Waals surface area contributed by atoms with Crippen molar-refractivity contribution in [3.8, 4) is 17.1 Å². The summed E-state index contributed by atoms with van der Waals surface area (Å²) in [6.45, 7) is 13.5. The fourth-order valence-corrected chi connectivity index (χ4v) is 4.85. The number of fused-ring (bicyclic) bond motifs is 2. The van der Waals surface area contributed by atoms with Crippen LogP contribution in [0.1, 0.15) is 26.5 Å². The van der Waals surface area contributed by atoms with Crippen molar-refractivity contribution in [2.45, 2.75) is 65.2 Å². The van der Waals surface area contributed by atoms with Crippen molar-refractivity contribution in [2.24, 2.45) is 7.05 Å². The Morgan fingerprint density at radius 1 is 1.14 bits per heavy atom. The molecule has 10 heteroatoms. The first-order valence-corrected chi connectivity index (χ1v) is 16.2. The van der Waals surface area contributed by atoms with E-state index in [1.165, 1.54) is 0 Å². The molecule has 198 valence electrons. The van der Waals surface area contributed by atoms with Gasteiger partial charge in [0.15, 0.2) is 5.65 Å². The van der Waals surface area contributed by atoms with Gasteiger partial charge < -0.3 is 14.2 Å². The standard InChI is InChI=1S/C27H37N5O4Si/c1-27(2,3)36-24(33)13-18-16-28-26-21(29-18)15-23(32(26)17-35-11-12-37(6,7)8)25-20-14-19(34-5)9-10-22(20)31(4)30-25/h9-10,14-16H,11-13,17H2,1-8H3. The second-order valence-corrected chi connectivity index (χ2v) is 17.1. The predicted molar refractivity (Wildman–Crippen MR) is 147 cm³/mol. The zero-order valence-electron chi connectivity index (χ0n) is 23.1. The van der Waals surface area contributed by atoms with E-state index in [1.807, 2.05) is 61.3 Å². The van der Waals surface area contributed by atoms with Crippen molar-refractivity contribution in [2.75, 3.05) is 13.7 Å². The summed E-state index contributed by atoms with van der Waals surface area (Å²) in [6.07, 6.45) is 1.69. The second-order valence-electron chi connectivity index (χ2n) is 11.5. The first-order chi connectivity index (χ1) is 17.3. The summed E-state index contributed by atoms with van der Waals surface area (Å²) in [5, 5.41) is 5.79. The zero-order valence-corrected chi connectivity index (χ0v) is 24.1. The van der Waals surface area contributed by atoms with E-state index in [0.717, 1.165) is 34.1 Å². The number of methoxy groups -OCH3 is 1. The number of nitrogens with zero attached hydrogens (tertiary/aromatic N) is 5. The molecule has 0 saturated carbocycles. The minimum atomic E-state index is -1.23. The molecule has 0 N–H and O–H groups in total. The van der Waals surface area contributed by atoms with Crippen molar-refractivity contribution < 1.29 is 19.0 Å². The topological polar surface area (TPSA) is 93.3 Å². The molecule has 0 saturated heterocycles. The summed E-state index contributed by atoms with van der Waals surface area (Å²) in [4.78, 5) is 21.8. The predicted octanol–water partition coefficient (Wildman–Crippen LogP) is 5.19. The van der Waals surface area contributed by atoms with Crippen LogP contribution in [-0.4, -0.2) is 57.7 Å². The third kappa shape index (κ3) is 6.37. The highest BCUT2D eigenvalue weighted by Gasteiger charge is 2.22. The van der Waals surface area contributed by atoms with Crippen LogP contribution >= 0.6 is 0 Å². The van der Waals surface area contributed by atoms with Gasteiger partial charge in [-0.15, -0.1) is 0 Å². The molecule has 0 aliphatic carbocycles. The Morgan fingerprint density at radius 2 is 1.89 bits per heavy atom. The monoisotopic (exact) mass is 523 g/mol. The number of esters is 1. The fourth-order valence-electron chi connectivity index (χ4n) is 4.09. The molecule has 0 radical (unpaired) electrons. The van der Waals surface area contributed by atoms with Gasteiger partial charge in [0.2, 0.25) is 0 Å². The molecular weight excluding hydrogens is 486 g/mol. The van der Waals surface area contributed by atoms with Gasteiger partial charge in [-0.25, -0.2) is 9.97 Å². The molecule has 0 atom stereocenters. The largest absolute Gasteiger partial charge is 0.497 e. The van der Waals surface area contributed by atoms with E-state index in [4.69, 9.17) is 24.3 Å². The number of carbonyl (C=O) groups is 1. The number of ether oxygens (including phenoxy) is 3. The van der Waals surface area contributed by atoms with E-state index in [2.05, 4.69) is 24.6 Å². The minimum absolute atomic E-state index is 0.0527. The highest BCUT2D eigenvalue weighted by atomic mass is 28.3. The summed E-state index contributed by atoms with van der Waals surface area (Å²) >= 11 is 0. The molecule has 4 aromatic rings. The zero-order chi connectivity index (χ0) is 27.0. The summed E-state index contributed by atoms with van der Waals surface area (Å²) < 4.78 is 20.9. The summed E-state index contributed by atoms with van der Waals surface area (Å²) in [7, 11) is 2.35. The summed E-state index contributed by atoms with van der Waals surface area (Å²) in [6, 6.07) is 8.94. The molecule has 37 heavy (non-hydrogen) atoms. The number of carbonyl (C=O) groups excluding carboxylic acids is 1. The SMILES string of the molecule is COc1ccc2c(c1)c(-c1cc3nc(CC(=O)OC(C)(C)C)cnc3n1COCC[Si](C)(C)C)nn2C. The molecule has 1 aromatic carbocycles. The Labute approximate surface area is 218 Å². The molecule has 0 amide bonds. The van der Waals surface area contributed by atoms with Crippen LogP contribution < -0.4 is 4.74 Å². The summed E-state index contributed by atoms with van der Waals surface area (Å²) in [5.74, 6) is 0.421. The average Bonchev–Trinajstić information content (AvgIpc) is 3.31. The highest BCUT2D eigenvalue weighted by molar-refractivity contribution is 6.76. The van der Waals surface area contributed by atoms with Gasteiger partial charge in [0, 0.05) is 27.1 Å². The van der Waals surface area contributed by atoms with E-state index in [0.29, 0.717) is 30.2 Å². The van der Waals surface area contributed by atoms with Crippen LogP contribution in [0.25, 0.3) is 33.5 Å². The molecule has 0 bridgehead atoms. The number of hydrogen-bond acceptors (Lipinski definition) is 7. The van der Waals surface area contributed by atoms with Gasteiger partial charge in [-0.3, -0.25) is 14.0 Å². The number of aromatic nitrogens is 5. The molecule has 0 spiro atoms. The van der Waals surface area contributed by atoms with Crippen LogP contribution in [0.3, 0.4) is 0 Å². The van der Waals surface area contributed by atoms with Gasteiger partial charge in [0.1, 0.15) is 29.3 Å². The minimum Gasteiger partial charge on any atom is -0.497 e. The van der Waals surface area contributed by atoms with E-state index >= 15 is 0 Å². The molecule has 0 aliphatic rings. The van der Waals surface area contributed by atoms with Crippen LogP contribution in [-0.2, 0) is 34.5 Å². The van der Waals surface area contributed by atoms with Crippen LogP contribution in [0, 0.1) is 0 Å². The molecule has 3 aromatic heterocycles. The molecule has 9 nitrogen and oxygen atoms in total. The van der Waals surface area contributed by atoms with E-state index in [-0.39, 0.29) is 12.4 Å². The van der Waals surface area contributed by atoms with E-state index < -0.39 is 13.7 Å². The number of benzene rings is 1. The van der Waals surface area contributed by atoms with Gasteiger partial charge in [-0.1, -0.05) is 19.6 Å². The quantitative estimate of drug-likeness (QED) is 0.169. The maximum absolute atomic E-state index is 12.4. The normalized spacial score (nSPS) is 12.4.